The zero-order valence-electron chi connectivity index (χ0n) is 17.3. The molecule has 1 N–H and O–H groups in total. The molecule has 30 heavy (non-hydrogen) atoms. The van der Waals surface area contributed by atoms with E-state index in [2.05, 4.69) is 5.32 Å². The largest absolute Gasteiger partial charge is 0.393 e. The highest BCUT2D eigenvalue weighted by atomic mass is 32.2. The number of nitrogens with one attached hydrogen (secondary N) is 1. The second-order valence-electron chi connectivity index (χ2n) is 8.80. The molecule has 4 unspecified atom stereocenters. The fourth-order valence-electron chi connectivity index (χ4n) is 4.68. The quantitative estimate of drug-likeness (QED) is 0.754. The summed E-state index contributed by atoms with van der Waals surface area (Å²) in [6, 6.07) is 4.49. The van der Waals surface area contributed by atoms with Crippen molar-refractivity contribution in [3.05, 3.63) is 29.8 Å². The van der Waals surface area contributed by atoms with E-state index in [-0.39, 0.29) is 35.1 Å². The number of benzene rings is 1. The number of halogens is 3. The predicted molar refractivity (Wildman–Crippen MR) is 107 cm³/mol. The Morgan fingerprint density at radius 1 is 1.03 bits per heavy atom. The third-order valence-electron chi connectivity index (χ3n) is 6.09. The Labute approximate surface area is 176 Å². The molecule has 1 saturated heterocycles. The van der Waals surface area contributed by atoms with Gasteiger partial charge in [-0.25, -0.2) is 8.42 Å². The second kappa shape index (κ2) is 8.86. The number of hydrogen-bond donors (Lipinski definition) is 1. The SMILES string of the molecule is CC1CC(C)CN(S(=O)(=O)c2ccc(C(=O)NC3CCCCC3C(F)(F)F)cc2)C1. The minimum atomic E-state index is -4.35. The summed E-state index contributed by atoms with van der Waals surface area (Å²) >= 11 is 0. The van der Waals surface area contributed by atoms with Crippen LogP contribution in [0.25, 0.3) is 0 Å². The molecule has 2 aliphatic rings. The topological polar surface area (TPSA) is 66.5 Å². The van der Waals surface area contributed by atoms with Gasteiger partial charge in [-0.3, -0.25) is 4.79 Å². The van der Waals surface area contributed by atoms with Crippen molar-refractivity contribution in [2.45, 2.75) is 63.1 Å². The molecule has 168 valence electrons. The molecule has 0 spiro atoms. The average Bonchev–Trinajstić information content (AvgIpc) is 2.67. The molecule has 1 aromatic carbocycles. The molecule has 4 atom stereocenters. The highest BCUT2D eigenvalue weighted by molar-refractivity contribution is 7.89. The monoisotopic (exact) mass is 446 g/mol. The molecule has 9 heteroatoms. The van der Waals surface area contributed by atoms with Crippen LogP contribution in [0.15, 0.2) is 29.2 Å². The Kier molecular flexibility index (Phi) is 6.81. The Morgan fingerprint density at radius 2 is 1.60 bits per heavy atom. The van der Waals surface area contributed by atoms with Crippen molar-refractivity contribution < 1.29 is 26.4 Å². The first-order chi connectivity index (χ1) is 14.0. The number of carbonyl (C=O) groups is 1. The number of piperidine rings is 1. The molecule has 0 aromatic heterocycles. The maximum atomic E-state index is 13.2. The third kappa shape index (κ3) is 5.17. The summed E-state index contributed by atoms with van der Waals surface area (Å²) in [5, 5.41) is 2.51. The van der Waals surface area contributed by atoms with Crippen molar-refractivity contribution in [3.63, 3.8) is 0 Å². The van der Waals surface area contributed by atoms with Crippen LogP contribution in [-0.4, -0.2) is 43.9 Å². The van der Waals surface area contributed by atoms with Crippen molar-refractivity contribution in [2.24, 2.45) is 17.8 Å². The van der Waals surface area contributed by atoms with Crippen LogP contribution in [0.5, 0.6) is 0 Å². The number of alkyl halides is 3. The standard InChI is InChI=1S/C21H29F3N2O3S/c1-14-11-15(2)13-26(12-14)30(28,29)17-9-7-16(8-10-17)20(27)25-19-6-4-3-5-18(19)21(22,23)24/h7-10,14-15,18-19H,3-6,11-13H2,1-2H3,(H,25,27). The summed E-state index contributed by atoms with van der Waals surface area (Å²) in [5.74, 6) is -1.62. The molecule has 0 radical (unpaired) electrons. The van der Waals surface area contributed by atoms with Gasteiger partial charge in [-0.2, -0.15) is 17.5 Å². The van der Waals surface area contributed by atoms with Crippen LogP contribution in [0.1, 0.15) is 56.3 Å². The van der Waals surface area contributed by atoms with E-state index in [0.717, 1.165) is 6.42 Å². The third-order valence-corrected chi connectivity index (χ3v) is 7.94. The summed E-state index contributed by atoms with van der Waals surface area (Å²) in [5.41, 5.74) is 0.154. The first-order valence-electron chi connectivity index (χ1n) is 10.5. The smallest absolute Gasteiger partial charge is 0.349 e. The summed E-state index contributed by atoms with van der Waals surface area (Å²) in [4.78, 5) is 12.6. The first kappa shape index (κ1) is 23.1. The van der Waals surface area contributed by atoms with E-state index in [1.807, 2.05) is 13.8 Å². The van der Waals surface area contributed by atoms with Gasteiger partial charge in [-0.15, -0.1) is 0 Å². The zero-order chi connectivity index (χ0) is 22.1. The predicted octanol–water partition coefficient (Wildman–Crippen LogP) is 4.20. The molecule has 1 aliphatic heterocycles. The highest BCUT2D eigenvalue weighted by Crippen LogP contribution is 2.37. The van der Waals surface area contributed by atoms with Gasteiger partial charge in [-0.05, 0) is 55.4 Å². The van der Waals surface area contributed by atoms with E-state index >= 15 is 0 Å². The minimum absolute atomic E-state index is 0.0122. The lowest BCUT2D eigenvalue weighted by molar-refractivity contribution is -0.187. The normalized spacial score (nSPS) is 28.8. The van der Waals surface area contributed by atoms with Crippen LogP contribution >= 0.6 is 0 Å². The van der Waals surface area contributed by atoms with Crippen molar-refractivity contribution >= 4 is 15.9 Å². The van der Waals surface area contributed by atoms with E-state index in [0.29, 0.717) is 25.9 Å². The lowest BCUT2D eigenvalue weighted by Crippen LogP contribution is -2.47. The Balaban J connectivity index is 1.71. The molecule has 2 fully saturated rings. The van der Waals surface area contributed by atoms with Gasteiger partial charge < -0.3 is 5.32 Å². The highest BCUT2D eigenvalue weighted by Gasteiger charge is 2.46. The van der Waals surface area contributed by atoms with Crippen molar-refractivity contribution in [1.82, 2.24) is 9.62 Å². The van der Waals surface area contributed by atoms with Crippen molar-refractivity contribution in [2.75, 3.05) is 13.1 Å². The van der Waals surface area contributed by atoms with Crippen LogP contribution in [-0.2, 0) is 10.0 Å². The van der Waals surface area contributed by atoms with E-state index in [9.17, 15) is 26.4 Å². The number of sulfonamides is 1. The van der Waals surface area contributed by atoms with Crippen LogP contribution < -0.4 is 5.32 Å². The summed E-state index contributed by atoms with van der Waals surface area (Å²) in [7, 11) is -3.67. The molecule has 1 aliphatic carbocycles. The van der Waals surface area contributed by atoms with E-state index in [4.69, 9.17) is 0 Å². The van der Waals surface area contributed by atoms with Gasteiger partial charge in [0.2, 0.25) is 10.0 Å². The first-order valence-corrected chi connectivity index (χ1v) is 11.9. The van der Waals surface area contributed by atoms with Gasteiger partial charge >= 0.3 is 6.18 Å². The van der Waals surface area contributed by atoms with E-state index in [1.54, 1.807) is 0 Å². The Hall–Kier alpha value is -1.61. The molecule has 3 rings (SSSR count). The molecule has 1 heterocycles. The van der Waals surface area contributed by atoms with Crippen LogP contribution in [0.3, 0.4) is 0 Å². The summed E-state index contributed by atoms with van der Waals surface area (Å²) in [6.45, 7) is 4.95. The lowest BCUT2D eigenvalue weighted by atomic mass is 9.84. The minimum Gasteiger partial charge on any atom is -0.349 e. The van der Waals surface area contributed by atoms with Gasteiger partial charge in [0.1, 0.15) is 0 Å². The Morgan fingerprint density at radius 3 is 2.17 bits per heavy atom. The van der Waals surface area contributed by atoms with Crippen LogP contribution in [0.4, 0.5) is 13.2 Å². The fraction of sp³-hybridized carbons (Fsp3) is 0.667. The van der Waals surface area contributed by atoms with Gasteiger partial charge in [-0.1, -0.05) is 26.7 Å². The molecule has 1 amide bonds. The maximum Gasteiger partial charge on any atom is 0.393 e. The number of nitrogens with zero attached hydrogens (tertiary/aromatic N) is 1. The Bertz CT molecular complexity index is 845. The van der Waals surface area contributed by atoms with Crippen molar-refractivity contribution in [3.8, 4) is 0 Å². The van der Waals surface area contributed by atoms with Gasteiger partial charge in [0.25, 0.3) is 5.91 Å². The van der Waals surface area contributed by atoms with Gasteiger partial charge in [0.05, 0.1) is 10.8 Å². The molecule has 1 aromatic rings. The van der Waals surface area contributed by atoms with Gasteiger partial charge in [0.15, 0.2) is 0 Å². The molecular formula is C21H29F3N2O3S. The van der Waals surface area contributed by atoms with Gasteiger partial charge in [0, 0.05) is 24.7 Å². The second-order valence-corrected chi connectivity index (χ2v) is 10.7. The molecule has 5 nitrogen and oxygen atoms in total. The van der Waals surface area contributed by atoms with Crippen molar-refractivity contribution in [1.29, 1.82) is 0 Å². The van der Waals surface area contributed by atoms with Crippen LogP contribution in [0, 0.1) is 17.8 Å². The number of carbonyl (C=O) groups excluding carboxylic acids is 1. The number of amides is 1. The summed E-state index contributed by atoms with van der Waals surface area (Å²) in [6.07, 6.45) is -1.94. The number of rotatable bonds is 4. The van der Waals surface area contributed by atoms with Crippen LogP contribution in [0.2, 0.25) is 0 Å². The molecular weight excluding hydrogens is 417 g/mol. The molecule has 1 saturated carbocycles. The fourth-order valence-corrected chi connectivity index (χ4v) is 6.36. The van der Waals surface area contributed by atoms with E-state index < -0.39 is 34.1 Å². The zero-order valence-corrected chi connectivity index (χ0v) is 18.1. The lowest BCUT2D eigenvalue weighted by Gasteiger charge is -2.34. The average molecular weight is 447 g/mol. The van der Waals surface area contributed by atoms with E-state index in [1.165, 1.54) is 28.6 Å². The maximum absolute atomic E-state index is 13.2. The molecule has 0 bridgehead atoms. The summed E-state index contributed by atoms with van der Waals surface area (Å²) < 4.78 is 67.0. The number of hydrogen-bond acceptors (Lipinski definition) is 3.